The molecule has 10 nitrogen and oxygen atoms in total. The largest absolute Gasteiger partial charge is 0.446 e. The van der Waals surface area contributed by atoms with E-state index < -0.39 is 52.9 Å². The highest BCUT2D eigenvalue weighted by Gasteiger charge is 2.62. The molecule has 2 aromatic rings. The Balaban J connectivity index is 1.80. The van der Waals surface area contributed by atoms with Crippen LogP contribution in [-0.2, 0) is 22.4 Å². The average molecular weight is 623 g/mol. The highest BCUT2D eigenvalue weighted by Crippen LogP contribution is 2.48. The Morgan fingerprint density at radius 1 is 0.951 bits per heavy atom. The van der Waals surface area contributed by atoms with Crippen LogP contribution in [0.3, 0.4) is 0 Å². The van der Waals surface area contributed by atoms with Crippen molar-refractivity contribution < 1.29 is 27.2 Å². The minimum atomic E-state index is -3.04. The molecular weight excluding hydrogens is 581 g/mol. The van der Waals surface area contributed by atoms with Crippen LogP contribution in [0.1, 0.15) is 61.6 Å². The summed E-state index contributed by atoms with van der Waals surface area (Å²) in [6.45, 7) is 17.3. The van der Waals surface area contributed by atoms with E-state index in [0.29, 0.717) is 5.75 Å². The summed E-state index contributed by atoms with van der Waals surface area (Å²) in [6.07, 6.45) is -1.78. The van der Waals surface area contributed by atoms with Gasteiger partial charge < -0.3 is 27.2 Å². The third kappa shape index (κ3) is 6.31. The summed E-state index contributed by atoms with van der Waals surface area (Å²) in [7, 11) is -5.86. The standard InChI is InChI=1S/C28H42N2O8SSi2/c1-17(2)40(18(3)4)33-16-22-24(37-41(38-40,19(5)6)20(7)8)25(36-28(39)34-21-12-10-9-11-13-21)26(35-22)30-15-14-23(31)29-27(30)32/h9-15,17-20,22,24-26H,16H2,1-8H3,(H,29,31,32)/t22-,24-,25-,26-/m1/s1. The van der Waals surface area contributed by atoms with E-state index in [1.165, 1.54) is 16.8 Å². The zero-order valence-corrected chi connectivity index (χ0v) is 27.8. The van der Waals surface area contributed by atoms with Gasteiger partial charge in [0, 0.05) is 24.5 Å². The van der Waals surface area contributed by atoms with Crippen LogP contribution in [0.25, 0.3) is 0 Å². The Kier molecular flexibility index (Phi) is 9.78. The SMILES string of the molecule is CC(C)[Si]1(C(C)C)OC[C@H]2O[C@@H](n3ccc(=O)[nH]c3=O)[C@H](OC(=S)Oc3ccccc3)[C@@H]2O[Si](C(C)C)(C(C)C)O1. The number of rotatable bonds is 7. The predicted octanol–water partition coefficient (Wildman–Crippen LogP) is 5.14. The Labute approximate surface area is 248 Å². The van der Waals surface area contributed by atoms with Gasteiger partial charge in [0.25, 0.3) is 5.56 Å². The fraction of sp³-hybridized carbons (Fsp3) is 0.607. The van der Waals surface area contributed by atoms with Crippen molar-refractivity contribution in [2.24, 2.45) is 0 Å². The van der Waals surface area contributed by atoms with Gasteiger partial charge in [-0.3, -0.25) is 14.3 Å². The van der Waals surface area contributed by atoms with E-state index in [0.717, 1.165) is 0 Å². The fourth-order valence-corrected chi connectivity index (χ4v) is 17.2. The Bertz CT molecular complexity index is 1300. The van der Waals surface area contributed by atoms with Crippen LogP contribution >= 0.6 is 12.2 Å². The highest BCUT2D eigenvalue weighted by atomic mass is 32.1. The molecule has 0 amide bonds. The van der Waals surface area contributed by atoms with E-state index in [2.05, 4.69) is 60.4 Å². The molecule has 0 aliphatic carbocycles. The lowest BCUT2D eigenvalue weighted by Crippen LogP contribution is -2.66. The molecule has 0 spiro atoms. The second-order valence-corrected chi connectivity index (χ2v) is 21.1. The first-order chi connectivity index (χ1) is 19.3. The second-order valence-electron chi connectivity index (χ2n) is 11.9. The van der Waals surface area contributed by atoms with Crippen LogP contribution in [-0.4, -0.2) is 56.8 Å². The number of hydrogen-bond donors (Lipinski definition) is 1. The summed E-state index contributed by atoms with van der Waals surface area (Å²) >= 11 is 5.50. The topological polar surface area (TPSA) is 110 Å². The predicted molar refractivity (Wildman–Crippen MR) is 164 cm³/mol. The van der Waals surface area contributed by atoms with Gasteiger partial charge >= 0.3 is 28.0 Å². The molecule has 13 heteroatoms. The number of benzene rings is 1. The number of thiocarbonyl (C=S) groups is 1. The van der Waals surface area contributed by atoms with Crippen molar-refractivity contribution in [2.45, 2.75) is 102 Å². The van der Waals surface area contributed by atoms with Crippen LogP contribution in [0.2, 0.25) is 22.2 Å². The number of aromatic amines is 1. The lowest BCUT2D eigenvalue weighted by atomic mass is 10.1. The normalized spacial score (nSPS) is 25.7. The summed E-state index contributed by atoms with van der Waals surface area (Å²) in [5.74, 6) is 0.508. The third-order valence-electron chi connectivity index (χ3n) is 7.92. The molecular formula is C28H42N2O8SSi2. The highest BCUT2D eigenvalue weighted by molar-refractivity contribution is 7.79. The molecule has 2 aliphatic rings. The van der Waals surface area contributed by atoms with Crippen molar-refractivity contribution in [2.75, 3.05) is 6.61 Å². The number of ether oxygens (including phenoxy) is 3. The lowest BCUT2D eigenvalue weighted by Gasteiger charge is -2.51. The van der Waals surface area contributed by atoms with E-state index in [1.54, 1.807) is 12.1 Å². The molecule has 0 bridgehead atoms. The minimum absolute atomic E-state index is 0.0669. The molecule has 0 radical (unpaired) electrons. The summed E-state index contributed by atoms with van der Waals surface area (Å²) in [5.41, 5.74) is -0.703. The lowest BCUT2D eigenvalue weighted by molar-refractivity contribution is -0.0599. The maximum Gasteiger partial charge on any atom is 0.358 e. The Hall–Kier alpha value is -2.14. The monoisotopic (exact) mass is 622 g/mol. The second kappa shape index (κ2) is 12.6. The first-order valence-electron chi connectivity index (χ1n) is 14.2. The van der Waals surface area contributed by atoms with E-state index in [-0.39, 0.29) is 34.0 Å². The molecule has 4 atom stereocenters. The smallest absolute Gasteiger partial charge is 0.358 e. The molecule has 2 saturated heterocycles. The maximum absolute atomic E-state index is 12.9. The molecule has 0 unspecified atom stereocenters. The van der Waals surface area contributed by atoms with Crippen LogP contribution in [0, 0.1) is 0 Å². The van der Waals surface area contributed by atoms with Crippen molar-refractivity contribution in [1.29, 1.82) is 0 Å². The number of aromatic nitrogens is 2. The first-order valence-corrected chi connectivity index (χ1v) is 18.6. The average Bonchev–Trinajstić information content (AvgIpc) is 3.19. The maximum atomic E-state index is 12.9. The van der Waals surface area contributed by atoms with Gasteiger partial charge in [-0.15, -0.1) is 0 Å². The summed E-state index contributed by atoms with van der Waals surface area (Å²) < 4.78 is 41.2. The van der Waals surface area contributed by atoms with Crippen molar-refractivity contribution in [3.05, 3.63) is 63.4 Å². The number of para-hydroxylation sites is 1. The van der Waals surface area contributed by atoms with E-state index in [1.807, 2.05) is 18.2 Å². The molecule has 41 heavy (non-hydrogen) atoms. The molecule has 1 aromatic heterocycles. The van der Waals surface area contributed by atoms with Crippen molar-refractivity contribution in [3.63, 3.8) is 0 Å². The Morgan fingerprint density at radius 2 is 1.56 bits per heavy atom. The molecule has 2 fully saturated rings. The zero-order chi connectivity index (χ0) is 30.1. The quantitative estimate of drug-likeness (QED) is 0.332. The number of nitrogens with zero attached hydrogens (tertiary/aromatic N) is 1. The summed E-state index contributed by atoms with van der Waals surface area (Å²) in [6, 6.07) is 10.3. The summed E-state index contributed by atoms with van der Waals surface area (Å²) in [4.78, 5) is 27.1. The van der Waals surface area contributed by atoms with Gasteiger partial charge in [0.2, 0.25) is 0 Å². The number of H-pyrrole nitrogens is 1. The zero-order valence-electron chi connectivity index (χ0n) is 25.0. The van der Waals surface area contributed by atoms with E-state index >= 15 is 0 Å². The van der Waals surface area contributed by atoms with Gasteiger partial charge in [0.1, 0.15) is 18.0 Å². The number of nitrogens with one attached hydrogen (secondary N) is 1. The number of hydrogen-bond acceptors (Lipinski definition) is 9. The molecule has 1 N–H and O–H groups in total. The van der Waals surface area contributed by atoms with Gasteiger partial charge in [-0.05, 0) is 34.3 Å². The minimum Gasteiger partial charge on any atom is -0.446 e. The molecule has 226 valence electrons. The van der Waals surface area contributed by atoms with Crippen LogP contribution in [0.4, 0.5) is 0 Å². The van der Waals surface area contributed by atoms with Crippen LogP contribution in [0.5, 0.6) is 5.75 Å². The third-order valence-corrected chi connectivity index (χ3v) is 18.3. The van der Waals surface area contributed by atoms with Gasteiger partial charge in [0.05, 0.1) is 6.61 Å². The van der Waals surface area contributed by atoms with E-state index in [9.17, 15) is 9.59 Å². The number of fused-ring (bicyclic) bond motifs is 1. The van der Waals surface area contributed by atoms with Crippen LogP contribution in [0.15, 0.2) is 52.2 Å². The fourth-order valence-electron chi connectivity index (χ4n) is 5.82. The molecule has 4 rings (SSSR count). The van der Waals surface area contributed by atoms with Gasteiger partial charge in [-0.1, -0.05) is 73.6 Å². The first kappa shape index (κ1) is 31.8. The van der Waals surface area contributed by atoms with Crippen LogP contribution < -0.4 is 16.0 Å². The Morgan fingerprint density at radius 3 is 2.12 bits per heavy atom. The van der Waals surface area contributed by atoms with Gasteiger partial charge in [-0.2, -0.15) is 0 Å². The van der Waals surface area contributed by atoms with Crippen molar-refractivity contribution in [3.8, 4) is 5.75 Å². The molecule has 3 heterocycles. The van der Waals surface area contributed by atoms with Crippen molar-refractivity contribution in [1.82, 2.24) is 9.55 Å². The molecule has 1 aromatic carbocycles. The van der Waals surface area contributed by atoms with Crippen molar-refractivity contribution >= 4 is 34.6 Å². The molecule has 2 aliphatic heterocycles. The van der Waals surface area contributed by atoms with E-state index in [4.69, 9.17) is 39.4 Å². The van der Waals surface area contributed by atoms with Gasteiger partial charge in [-0.25, -0.2) is 4.79 Å². The van der Waals surface area contributed by atoms with Gasteiger partial charge in [0.15, 0.2) is 12.3 Å². The summed E-state index contributed by atoms with van der Waals surface area (Å²) in [5, 5.41) is -0.144. The molecule has 0 saturated carbocycles.